The molecular weight excluding hydrogens is 246 g/mol. The summed E-state index contributed by atoms with van der Waals surface area (Å²) >= 11 is 0. The van der Waals surface area contributed by atoms with Gasteiger partial charge in [-0.25, -0.2) is 0 Å². The van der Waals surface area contributed by atoms with E-state index in [4.69, 9.17) is 0 Å². The Labute approximate surface area is 124 Å². The van der Waals surface area contributed by atoms with Crippen molar-refractivity contribution in [2.45, 2.75) is 83.3 Å². The zero-order chi connectivity index (χ0) is 14.6. The number of nitrogens with one attached hydrogen (secondary N) is 1. The van der Waals surface area contributed by atoms with Crippen LogP contribution in [0.15, 0.2) is 0 Å². The summed E-state index contributed by atoms with van der Waals surface area (Å²) in [5.41, 5.74) is -0.361. The molecule has 0 aromatic rings. The summed E-state index contributed by atoms with van der Waals surface area (Å²) in [5.74, 6) is 0.972. The topological polar surface area (TPSA) is 39.1 Å². The van der Waals surface area contributed by atoms with Gasteiger partial charge < -0.3 is 4.90 Å². The Kier molecular flexibility index (Phi) is 5.46. The predicted octanol–water partition coefficient (Wildman–Crippen LogP) is 3.31. The van der Waals surface area contributed by atoms with Gasteiger partial charge in [-0.3, -0.25) is 5.32 Å². The molecule has 0 amide bonds. The molecule has 1 saturated heterocycles. The second-order valence-corrected chi connectivity index (χ2v) is 7.28. The Morgan fingerprint density at radius 3 is 2.75 bits per heavy atom. The van der Waals surface area contributed by atoms with Crippen LogP contribution in [0, 0.1) is 17.2 Å². The van der Waals surface area contributed by atoms with E-state index >= 15 is 0 Å². The Morgan fingerprint density at radius 2 is 2.05 bits per heavy atom. The Bertz CT molecular complexity index is 347. The maximum atomic E-state index is 9.39. The van der Waals surface area contributed by atoms with Crippen molar-refractivity contribution in [2.24, 2.45) is 5.92 Å². The van der Waals surface area contributed by atoms with E-state index in [1.165, 1.54) is 45.2 Å². The molecule has 0 spiro atoms. The maximum Gasteiger partial charge on any atom is 0.104 e. The fraction of sp³-hybridized carbons (Fsp3) is 0.941. The number of fused-ring (bicyclic) bond motifs is 1. The summed E-state index contributed by atoms with van der Waals surface area (Å²) in [6.07, 6.45) is 9.21. The van der Waals surface area contributed by atoms with Gasteiger partial charge in [0.25, 0.3) is 0 Å². The minimum absolute atomic E-state index is 0.361. The van der Waals surface area contributed by atoms with Gasteiger partial charge in [-0.1, -0.05) is 12.8 Å². The fourth-order valence-electron chi connectivity index (χ4n) is 4.21. The minimum atomic E-state index is -0.361. The zero-order valence-corrected chi connectivity index (χ0v) is 13.5. The molecule has 1 N–H and O–H groups in total. The third-order valence-electron chi connectivity index (χ3n) is 5.10. The van der Waals surface area contributed by atoms with Gasteiger partial charge in [-0.05, 0) is 71.9 Å². The molecular formula is C17H31N3. The molecule has 3 unspecified atom stereocenters. The monoisotopic (exact) mass is 277 g/mol. The van der Waals surface area contributed by atoms with E-state index < -0.39 is 0 Å². The molecule has 0 aromatic heterocycles. The number of rotatable bonds is 6. The van der Waals surface area contributed by atoms with E-state index in [2.05, 4.69) is 30.1 Å². The normalized spacial score (nSPS) is 29.9. The first-order valence-corrected chi connectivity index (χ1v) is 8.47. The molecule has 114 valence electrons. The van der Waals surface area contributed by atoms with Crippen molar-refractivity contribution in [3.8, 4) is 6.07 Å². The lowest BCUT2D eigenvalue weighted by Crippen LogP contribution is -2.45. The van der Waals surface area contributed by atoms with Gasteiger partial charge in [0, 0.05) is 12.1 Å². The lowest BCUT2D eigenvalue weighted by molar-refractivity contribution is 0.176. The van der Waals surface area contributed by atoms with Gasteiger partial charge in [0.2, 0.25) is 0 Å². The van der Waals surface area contributed by atoms with Crippen LogP contribution in [0.5, 0.6) is 0 Å². The molecule has 0 bridgehead atoms. The van der Waals surface area contributed by atoms with Crippen molar-refractivity contribution in [3.63, 3.8) is 0 Å². The van der Waals surface area contributed by atoms with Crippen LogP contribution in [0.1, 0.15) is 65.7 Å². The van der Waals surface area contributed by atoms with Crippen LogP contribution in [-0.4, -0.2) is 35.6 Å². The van der Waals surface area contributed by atoms with Crippen LogP contribution >= 0.6 is 0 Å². The number of likely N-dealkylation sites (tertiary alicyclic amines) is 1. The lowest BCUT2D eigenvalue weighted by atomic mass is 9.85. The zero-order valence-electron chi connectivity index (χ0n) is 13.5. The smallest absolute Gasteiger partial charge is 0.104 e. The first kappa shape index (κ1) is 15.8. The maximum absolute atomic E-state index is 9.39. The van der Waals surface area contributed by atoms with Gasteiger partial charge in [-0.2, -0.15) is 5.26 Å². The number of nitrogens with zero attached hydrogens (tertiary/aromatic N) is 2. The molecule has 3 nitrogen and oxygen atoms in total. The standard InChI is InChI=1S/C17H31N3/c1-14(2)19-17(3,13-18)10-6-11-20-12-9-15-7-4-5-8-16(15)20/h14-16,19H,4-12H2,1-3H3. The Morgan fingerprint density at radius 1 is 1.30 bits per heavy atom. The third kappa shape index (κ3) is 3.96. The summed E-state index contributed by atoms with van der Waals surface area (Å²) in [4.78, 5) is 2.71. The van der Waals surface area contributed by atoms with Gasteiger partial charge in [0.1, 0.15) is 5.54 Å². The van der Waals surface area contributed by atoms with Crippen LogP contribution in [0.4, 0.5) is 0 Å². The molecule has 2 aliphatic rings. The highest BCUT2D eigenvalue weighted by Gasteiger charge is 2.35. The lowest BCUT2D eigenvalue weighted by Gasteiger charge is -2.32. The van der Waals surface area contributed by atoms with Gasteiger partial charge in [0.15, 0.2) is 0 Å². The molecule has 1 aliphatic heterocycles. The third-order valence-corrected chi connectivity index (χ3v) is 5.10. The molecule has 1 aliphatic carbocycles. The number of nitriles is 1. The molecule has 20 heavy (non-hydrogen) atoms. The van der Waals surface area contributed by atoms with E-state index in [1.54, 1.807) is 0 Å². The molecule has 1 heterocycles. The Balaban J connectivity index is 1.76. The van der Waals surface area contributed by atoms with E-state index in [-0.39, 0.29) is 5.54 Å². The molecule has 0 radical (unpaired) electrons. The van der Waals surface area contributed by atoms with Gasteiger partial charge in [-0.15, -0.1) is 0 Å². The van der Waals surface area contributed by atoms with E-state index in [9.17, 15) is 5.26 Å². The SMILES string of the molecule is CC(C)NC(C)(C#N)CCCN1CCC2CCCCC21. The second-order valence-electron chi connectivity index (χ2n) is 7.28. The summed E-state index contributed by atoms with van der Waals surface area (Å²) < 4.78 is 0. The number of hydrogen-bond acceptors (Lipinski definition) is 3. The molecule has 0 aromatic carbocycles. The molecule has 1 saturated carbocycles. The van der Waals surface area contributed by atoms with Crippen molar-refractivity contribution in [3.05, 3.63) is 0 Å². The quantitative estimate of drug-likeness (QED) is 0.809. The molecule has 3 atom stereocenters. The summed E-state index contributed by atoms with van der Waals surface area (Å²) in [7, 11) is 0. The average Bonchev–Trinajstić information content (AvgIpc) is 2.82. The van der Waals surface area contributed by atoms with E-state index in [0.29, 0.717) is 6.04 Å². The largest absolute Gasteiger partial charge is 0.300 e. The predicted molar refractivity (Wildman–Crippen MR) is 83.5 cm³/mol. The first-order chi connectivity index (χ1) is 9.54. The highest BCUT2D eigenvalue weighted by atomic mass is 15.2. The second kappa shape index (κ2) is 6.91. The highest BCUT2D eigenvalue weighted by molar-refractivity contribution is 5.04. The summed E-state index contributed by atoms with van der Waals surface area (Å²) in [6, 6.07) is 3.69. The van der Waals surface area contributed by atoms with Crippen LogP contribution in [-0.2, 0) is 0 Å². The van der Waals surface area contributed by atoms with Crippen molar-refractivity contribution in [2.75, 3.05) is 13.1 Å². The van der Waals surface area contributed by atoms with Crippen LogP contribution in [0.3, 0.4) is 0 Å². The summed E-state index contributed by atoms with van der Waals surface area (Å²) in [5, 5.41) is 12.8. The minimum Gasteiger partial charge on any atom is -0.300 e. The van der Waals surface area contributed by atoms with Crippen molar-refractivity contribution in [1.82, 2.24) is 10.2 Å². The van der Waals surface area contributed by atoms with Gasteiger partial charge >= 0.3 is 0 Å². The average molecular weight is 277 g/mol. The van der Waals surface area contributed by atoms with Crippen molar-refractivity contribution >= 4 is 0 Å². The highest BCUT2D eigenvalue weighted by Crippen LogP contribution is 2.36. The molecule has 3 heteroatoms. The Hall–Kier alpha value is -0.590. The first-order valence-electron chi connectivity index (χ1n) is 8.47. The van der Waals surface area contributed by atoms with Crippen molar-refractivity contribution in [1.29, 1.82) is 5.26 Å². The van der Waals surface area contributed by atoms with E-state index in [1.807, 2.05) is 6.92 Å². The van der Waals surface area contributed by atoms with Crippen LogP contribution in [0.2, 0.25) is 0 Å². The van der Waals surface area contributed by atoms with Crippen LogP contribution in [0.25, 0.3) is 0 Å². The number of hydrogen-bond donors (Lipinski definition) is 1. The fourth-order valence-corrected chi connectivity index (χ4v) is 4.21. The summed E-state index contributed by atoms with van der Waals surface area (Å²) in [6.45, 7) is 8.74. The van der Waals surface area contributed by atoms with Crippen molar-refractivity contribution < 1.29 is 0 Å². The molecule has 2 rings (SSSR count). The van der Waals surface area contributed by atoms with Crippen LogP contribution < -0.4 is 5.32 Å². The van der Waals surface area contributed by atoms with E-state index in [0.717, 1.165) is 24.8 Å². The molecule has 2 fully saturated rings. The van der Waals surface area contributed by atoms with Gasteiger partial charge in [0.05, 0.1) is 6.07 Å².